The van der Waals surface area contributed by atoms with E-state index in [4.69, 9.17) is 11.6 Å². The van der Waals surface area contributed by atoms with Crippen LogP contribution in [-0.2, 0) is 26.2 Å². The molecule has 2 amide bonds. The molecule has 0 bridgehead atoms. The summed E-state index contributed by atoms with van der Waals surface area (Å²) in [6, 6.07) is 21.0. The van der Waals surface area contributed by atoms with Crippen molar-refractivity contribution in [2.24, 2.45) is 0 Å². The molecule has 2 atom stereocenters. The van der Waals surface area contributed by atoms with Crippen LogP contribution in [0.4, 0.5) is 5.69 Å². The number of halogens is 1. The van der Waals surface area contributed by atoms with E-state index in [1.807, 2.05) is 20.8 Å². The lowest BCUT2D eigenvalue weighted by atomic mass is 10.1. The van der Waals surface area contributed by atoms with Crippen molar-refractivity contribution in [3.63, 3.8) is 0 Å². The zero-order valence-corrected chi connectivity index (χ0v) is 23.7. The van der Waals surface area contributed by atoms with E-state index in [0.29, 0.717) is 10.7 Å². The summed E-state index contributed by atoms with van der Waals surface area (Å²) in [5.41, 5.74) is 2.03. The van der Waals surface area contributed by atoms with Crippen LogP contribution in [0.5, 0.6) is 0 Å². The molecule has 3 aromatic carbocycles. The van der Waals surface area contributed by atoms with Crippen LogP contribution in [0.3, 0.4) is 0 Å². The molecule has 9 heteroatoms. The first kappa shape index (κ1) is 29.2. The van der Waals surface area contributed by atoms with E-state index in [1.54, 1.807) is 73.7 Å². The van der Waals surface area contributed by atoms with E-state index >= 15 is 0 Å². The average molecular weight is 556 g/mol. The molecular formula is C29H34ClN3O4S. The fourth-order valence-electron chi connectivity index (χ4n) is 3.80. The van der Waals surface area contributed by atoms with Crippen LogP contribution in [0.2, 0.25) is 5.02 Å². The molecular weight excluding hydrogens is 522 g/mol. The lowest BCUT2D eigenvalue weighted by Gasteiger charge is -2.32. The number of aryl methyl sites for hydroxylation is 1. The maximum atomic E-state index is 13.8. The van der Waals surface area contributed by atoms with Crippen molar-refractivity contribution in [1.82, 2.24) is 10.2 Å². The Labute approximate surface area is 230 Å². The monoisotopic (exact) mass is 555 g/mol. The maximum absolute atomic E-state index is 13.8. The number of nitrogens with one attached hydrogen (secondary N) is 1. The van der Waals surface area contributed by atoms with Gasteiger partial charge in [0, 0.05) is 17.6 Å². The van der Waals surface area contributed by atoms with Gasteiger partial charge in [-0.05, 0) is 69.2 Å². The van der Waals surface area contributed by atoms with Gasteiger partial charge in [-0.3, -0.25) is 13.9 Å². The topological polar surface area (TPSA) is 86.8 Å². The highest BCUT2D eigenvalue weighted by atomic mass is 35.5. The average Bonchev–Trinajstić information content (AvgIpc) is 2.91. The lowest BCUT2D eigenvalue weighted by Crippen LogP contribution is -2.52. The highest BCUT2D eigenvalue weighted by Gasteiger charge is 2.32. The van der Waals surface area contributed by atoms with Crippen molar-refractivity contribution in [1.29, 1.82) is 0 Å². The van der Waals surface area contributed by atoms with E-state index in [0.717, 1.165) is 21.9 Å². The van der Waals surface area contributed by atoms with Crippen LogP contribution in [0.25, 0.3) is 0 Å². The Morgan fingerprint density at radius 1 is 0.921 bits per heavy atom. The lowest BCUT2D eigenvalue weighted by molar-refractivity contribution is -0.139. The summed E-state index contributed by atoms with van der Waals surface area (Å²) in [5, 5.41) is 3.47. The number of hydrogen-bond acceptors (Lipinski definition) is 4. The summed E-state index contributed by atoms with van der Waals surface area (Å²) >= 11 is 6.03. The van der Waals surface area contributed by atoms with Crippen LogP contribution in [0.15, 0.2) is 83.8 Å². The van der Waals surface area contributed by atoms with Crippen molar-refractivity contribution in [2.45, 2.75) is 57.6 Å². The summed E-state index contributed by atoms with van der Waals surface area (Å²) in [6.07, 6.45) is 0.736. The zero-order valence-electron chi connectivity index (χ0n) is 22.1. The third-order valence-corrected chi connectivity index (χ3v) is 8.41. The van der Waals surface area contributed by atoms with E-state index < -0.39 is 28.5 Å². The number of amides is 2. The predicted octanol–water partition coefficient (Wildman–Crippen LogP) is 5.18. The number of nitrogens with zero attached hydrogens (tertiary/aromatic N) is 2. The van der Waals surface area contributed by atoms with Crippen molar-refractivity contribution in [3.05, 3.63) is 95.0 Å². The third-order valence-electron chi connectivity index (χ3n) is 6.37. The molecule has 202 valence electrons. The zero-order chi connectivity index (χ0) is 27.9. The van der Waals surface area contributed by atoms with Gasteiger partial charge in [0.1, 0.15) is 12.6 Å². The van der Waals surface area contributed by atoms with Gasteiger partial charge in [0.2, 0.25) is 11.8 Å². The molecule has 0 aromatic heterocycles. The van der Waals surface area contributed by atoms with Gasteiger partial charge in [0.05, 0.1) is 10.6 Å². The number of rotatable bonds is 11. The van der Waals surface area contributed by atoms with Crippen LogP contribution < -0.4 is 9.62 Å². The Bertz CT molecular complexity index is 1330. The Kier molecular flexibility index (Phi) is 9.94. The highest BCUT2D eigenvalue weighted by molar-refractivity contribution is 7.92. The molecule has 3 rings (SSSR count). The number of para-hydroxylation sites is 1. The number of anilines is 1. The van der Waals surface area contributed by atoms with Gasteiger partial charge in [-0.15, -0.1) is 0 Å². The molecule has 0 aliphatic heterocycles. The minimum absolute atomic E-state index is 0.0693. The number of carbonyl (C=O) groups excluding carboxylic acids is 2. The number of benzene rings is 3. The largest absolute Gasteiger partial charge is 0.352 e. The van der Waals surface area contributed by atoms with Crippen molar-refractivity contribution >= 4 is 39.1 Å². The molecule has 0 fully saturated rings. The Morgan fingerprint density at radius 3 is 2.11 bits per heavy atom. The minimum Gasteiger partial charge on any atom is -0.352 e. The van der Waals surface area contributed by atoms with Crippen LogP contribution in [0, 0.1) is 6.92 Å². The first-order valence-electron chi connectivity index (χ1n) is 12.5. The van der Waals surface area contributed by atoms with Crippen molar-refractivity contribution in [2.75, 3.05) is 10.8 Å². The molecule has 1 N–H and O–H groups in total. The number of hydrogen-bond donors (Lipinski definition) is 1. The van der Waals surface area contributed by atoms with Gasteiger partial charge in [0.25, 0.3) is 10.0 Å². The number of sulfonamides is 1. The van der Waals surface area contributed by atoms with Gasteiger partial charge in [-0.1, -0.05) is 66.6 Å². The van der Waals surface area contributed by atoms with Gasteiger partial charge in [0.15, 0.2) is 0 Å². The second-order valence-electron chi connectivity index (χ2n) is 9.30. The van der Waals surface area contributed by atoms with E-state index in [9.17, 15) is 18.0 Å². The quantitative estimate of drug-likeness (QED) is 0.353. The summed E-state index contributed by atoms with van der Waals surface area (Å²) in [5.74, 6) is -0.819. The minimum atomic E-state index is -4.08. The second kappa shape index (κ2) is 12.9. The molecule has 0 aliphatic rings. The standard InChI is InChI=1S/C29H34ClN3O4S/c1-5-22(3)31-29(35)23(4)32(19-24-13-15-25(30)16-14-24)28(34)20-33(26-9-7-6-8-10-26)38(36,37)27-17-11-21(2)12-18-27/h6-18,22-23H,5,19-20H2,1-4H3,(H,31,35). The summed E-state index contributed by atoms with van der Waals surface area (Å²) in [4.78, 5) is 28.4. The fourth-order valence-corrected chi connectivity index (χ4v) is 5.34. The molecule has 0 radical (unpaired) electrons. The third kappa shape index (κ3) is 7.36. The molecule has 0 heterocycles. The molecule has 0 aliphatic carbocycles. The normalized spacial score (nSPS) is 12.9. The van der Waals surface area contributed by atoms with Crippen LogP contribution in [-0.4, -0.2) is 43.8 Å². The molecule has 0 saturated carbocycles. The first-order valence-corrected chi connectivity index (χ1v) is 14.3. The van der Waals surface area contributed by atoms with Crippen molar-refractivity contribution < 1.29 is 18.0 Å². The first-order chi connectivity index (χ1) is 18.0. The smallest absolute Gasteiger partial charge is 0.264 e. The van der Waals surface area contributed by atoms with Crippen LogP contribution in [0.1, 0.15) is 38.3 Å². The van der Waals surface area contributed by atoms with Gasteiger partial charge >= 0.3 is 0 Å². The Balaban J connectivity index is 1.99. The molecule has 7 nitrogen and oxygen atoms in total. The predicted molar refractivity (Wildman–Crippen MR) is 152 cm³/mol. The summed E-state index contributed by atoms with van der Waals surface area (Å²) < 4.78 is 28.6. The fraction of sp³-hybridized carbons (Fsp3) is 0.310. The van der Waals surface area contributed by atoms with Gasteiger partial charge in [-0.2, -0.15) is 0 Å². The summed E-state index contributed by atoms with van der Waals surface area (Å²) in [7, 11) is -4.08. The van der Waals surface area contributed by atoms with Gasteiger partial charge in [-0.25, -0.2) is 8.42 Å². The number of carbonyl (C=O) groups is 2. The van der Waals surface area contributed by atoms with Gasteiger partial charge < -0.3 is 10.2 Å². The second-order valence-corrected chi connectivity index (χ2v) is 11.6. The molecule has 2 unspecified atom stereocenters. The van der Waals surface area contributed by atoms with Crippen molar-refractivity contribution in [3.8, 4) is 0 Å². The highest BCUT2D eigenvalue weighted by Crippen LogP contribution is 2.25. The van der Waals surface area contributed by atoms with Crippen LogP contribution >= 0.6 is 11.6 Å². The SMILES string of the molecule is CCC(C)NC(=O)C(C)N(Cc1ccc(Cl)cc1)C(=O)CN(c1ccccc1)S(=O)(=O)c1ccc(C)cc1. The maximum Gasteiger partial charge on any atom is 0.264 e. The Hall–Kier alpha value is -3.36. The van der Waals surface area contributed by atoms with E-state index in [1.165, 1.54) is 17.0 Å². The van der Waals surface area contributed by atoms with E-state index in [2.05, 4.69) is 5.32 Å². The molecule has 38 heavy (non-hydrogen) atoms. The molecule has 3 aromatic rings. The van der Waals surface area contributed by atoms with E-state index in [-0.39, 0.29) is 23.4 Å². The summed E-state index contributed by atoms with van der Waals surface area (Å²) in [6.45, 7) is 7.00. The Morgan fingerprint density at radius 2 is 1.53 bits per heavy atom. The molecule has 0 saturated heterocycles. The molecule has 0 spiro atoms.